The van der Waals surface area contributed by atoms with Gasteiger partial charge < -0.3 is 14.4 Å². The Bertz CT molecular complexity index is 980. The number of nitrogens with zero attached hydrogens (tertiary/aromatic N) is 5. The van der Waals surface area contributed by atoms with Crippen LogP contribution in [-0.4, -0.2) is 42.1 Å². The van der Waals surface area contributed by atoms with Gasteiger partial charge in [-0.05, 0) is 43.2 Å². The maximum atomic E-state index is 14.6. The monoisotopic (exact) mass is 411 g/mol. The molecule has 0 aliphatic heterocycles. The van der Waals surface area contributed by atoms with Gasteiger partial charge in [0.2, 0.25) is 0 Å². The van der Waals surface area contributed by atoms with E-state index >= 15 is 0 Å². The molecule has 3 atom stereocenters. The fraction of sp³-hybridized carbons (Fsp3) is 0.455. The first-order valence-corrected chi connectivity index (χ1v) is 10.3. The smallest absolute Gasteiger partial charge is 0.336 e. The summed E-state index contributed by atoms with van der Waals surface area (Å²) in [7, 11) is 0. The van der Waals surface area contributed by atoms with E-state index in [1.165, 1.54) is 6.20 Å². The third kappa shape index (κ3) is 4.27. The van der Waals surface area contributed by atoms with Gasteiger partial charge in [0, 0.05) is 24.0 Å². The van der Waals surface area contributed by atoms with E-state index in [-0.39, 0.29) is 17.2 Å². The highest BCUT2D eigenvalue weighted by Crippen LogP contribution is 2.39. The zero-order valence-electron chi connectivity index (χ0n) is 17.2. The number of hydrogen-bond acceptors (Lipinski definition) is 6. The number of imidazole rings is 1. The number of hydrogen-bond donors (Lipinski definition) is 1. The first-order chi connectivity index (χ1) is 14.5. The van der Waals surface area contributed by atoms with Gasteiger partial charge in [-0.15, -0.1) is 5.10 Å². The van der Waals surface area contributed by atoms with Crippen molar-refractivity contribution in [3.8, 4) is 28.7 Å². The van der Waals surface area contributed by atoms with Crippen LogP contribution < -0.4 is 4.74 Å². The minimum absolute atomic E-state index is 0.0530. The minimum atomic E-state index is -1.04. The largest absolute Gasteiger partial charge is 0.507 e. The van der Waals surface area contributed by atoms with Gasteiger partial charge in [0.25, 0.3) is 0 Å². The summed E-state index contributed by atoms with van der Waals surface area (Å²) in [6, 6.07) is 5.26. The Labute approximate surface area is 175 Å². The average molecular weight is 411 g/mol. The number of benzene rings is 1. The summed E-state index contributed by atoms with van der Waals surface area (Å²) in [5, 5.41) is 18.6. The second kappa shape index (κ2) is 8.38. The van der Waals surface area contributed by atoms with Crippen molar-refractivity contribution in [3.63, 3.8) is 0 Å². The van der Waals surface area contributed by atoms with Gasteiger partial charge in [-0.2, -0.15) is 0 Å². The number of aromatic nitrogens is 5. The van der Waals surface area contributed by atoms with Crippen molar-refractivity contribution in [2.75, 3.05) is 0 Å². The molecule has 1 saturated carbocycles. The first kappa shape index (κ1) is 20.3. The van der Waals surface area contributed by atoms with Gasteiger partial charge in [0.1, 0.15) is 23.7 Å². The molecule has 4 rings (SSSR count). The van der Waals surface area contributed by atoms with E-state index in [1.54, 1.807) is 35.4 Å². The molecule has 1 aliphatic carbocycles. The van der Waals surface area contributed by atoms with Crippen LogP contribution in [0.5, 0.6) is 11.8 Å². The van der Waals surface area contributed by atoms with Crippen molar-refractivity contribution < 1.29 is 14.2 Å². The SMILES string of the molecule is CC[C@]1(C)CCC[C@H](F)[C@H](Oc2ncc(-c3ccc(-n4ccnc4)cc3O)nn2)C1. The van der Waals surface area contributed by atoms with E-state index in [9.17, 15) is 9.50 Å². The normalized spacial score (nSPS) is 24.4. The van der Waals surface area contributed by atoms with Crippen molar-refractivity contribution in [2.45, 2.75) is 58.2 Å². The van der Waals surface area contributed by atoms with Crippen LogP contribution in [0.3, 0.4) is 0 Å². The number of alkyl halides is 1. The van der Waals surface area contributed by atoms with E-state index in [1.807, 2.05) is 6.07 Å². The molecule has 1 N–H and O–H groups in total. The summed E-state index contributed by atoms with van der Waals surface area (Å²) in [5.74, 6) is 0.0530. The summed E-state index contributed by atoms with van der Waals surface area (Å²) >= 11 is 0. The molecule has 7 nitrogen and oxygen atoms in total. The van der Waals surface area contributed by atoms with Gasteiger partial charge in [0.15, 0.2) is 0 Å². The van der Waals surface area contributed by atoms with Gasteiger partial charge in [-0.1, -0.05) is 25.4 Å². The number of aromatic hydroxyl groups is 1. The molecule has 0 radical (unpaired) electrons. The van der Waals surface area contributed by atoms with Crippen molar-refractivity contribution in [2.24, 2.45) is 5.41 Å². The lowest BCUT2D eigenvalue weighted by Gasteiger charge is -2.30. The molecule has 0 unspecified atom stereocenters. The Morgan fingerprint density at radius 2 is 2.20 bits per heavy atom. The minimum Gasteiger partial charge on any atom is -0.507 e. The topological polar surface area (TPSA) is 86.0 Å². The molecule has 2 heterocycles. The lowest BCUT2D eigenvalue weighted by Crippen LogP contribution is -2.32. The molecule has 0 amide bonds. The molecule has 1 aromatic carbocycles. The van der Waals surface area contributed by atoms with Crippen LogP contribution in [0, 0.1) is 5.41 Å². The summed E-state index contributed by atoms with van der Waals surface area (Å²) in [5.41, 5.74) is 1.74. The van der Waals surface area contributed by atoms with E-state index in [4.69, 9.17) is 4.74 Å². The van der Waals surface area contributed by atoms with E-state index in [2.05, 4.69) is 34.0 Å². The molecule has 0 spiro atoms. The van der Waals surface area contributed by atoms with Crippen molar-refractivity contribution in [1.29, 1.82) is 0 Å². The van der Waals surface area contributed by atoms with Crippen LogP contribution in [0.25, 0.3) is 16.9 Å². The molecule has 2 aromatic heterocycles. The molecular weight excluding hydrogens is 385 g/mol. The first-order valence-electron chi connectivity index (χ1n) is 10.3. The lowest BCUT2D eigenvalue weighted by molar-refractivity contribution is 0.0574. The second-order valence-electron chi connectivity index (χ2n) is 8.23. The zero-order chi connectivity index (χ0) is 21.1. The van der Waals surface area contributed by atoms with Crippen molar-refractivity contribution >= 4 is 0 Å². The summed E-state index contributed by atoms with van der Waals surface area (Å²) in [6.45, 7) is 4.31. The Hall–Kier alpha value is -3.03. The maximum absolute atomic E-state index is 14.6. The average Bonchev–Trinajstić information content (AvgIpc) is 3.24. The van der Waals surface area contributed by atoms with Crippen LogP contribution in [0.15, 0.2) is 43.1 Å². The lowest BCUT2D eigenvalue weighted by atomic mass is 9.79. The van der Waals surface area contributed by atoms with Crippen molar-refractivity contribution in [1.82, 2.24) is 24.7 Å². The van der Waals surface area contributed by atoms with E-state index in [0.717, 1.165) is 24.9 Å². The Balaban J connectivity index is 1.50. The third-order valence-electron chi connectivity index (χ3n) is 6.07. The predicted molar refractivity (Wildman–Crippen MR) is 110 cm³/mol. The fourth-order valence-electron chi connectivity index (χ4n) is 3.95. The Morgan fingerprint density at radius 3 is 2.87 bits per heavy atom. The van der Waals surface area contributed by atoms with Gasteiger partial charge in [0.05, 0.1) is 18.2 Å². The Morgan fingerprint density at radius 1 is 1.33 bits per heavy atom. The highest BCUT2D eigenvalue weighted by Gasteiger charge is 2.36. The van der Waals surface area contributed by atoms with Gasteiger partial charge in [-0.3, -0.25) is 0 Å². The summed E-state index contributed by atoms with van der Waals surface area (Å²) in [4.78, 5) is 8.21. The number of ether oxygens (including phenoxy) is 1. The molecule has 3 aromatic rings. The second-order valence-corrected chi connectivity index (χ2v) is 8.23. The van der Waals surface area contributed by atoms with Crippen molar-refractivity contribution in [3.05, 3.63) is 43.1 Å². The number of phenols is 1. The van der Waals surface area contributed by atoms with Crippen LogP contribution in [0.2, 0.25) is 0 Å². The molecular formula is C22H26FN5O2. The summed E-state index contributed by atoms with van der Waals surface area (Å²) < 4.78 is 22.2. The van der Waals surface area contributed by atoms with Crippen LogP contribution in [0.4, 0.5) is 4.39 Å². The van der Waals surface area contributed by atoms with E-state index in [0.29, 0.717) is 24.1 Å². The Kier molecular flexibility index (Phi) is 5.65. The molecule has 30 heavy (non-hydrogen) atoms. The maximum Gasteiger partial charge on any atom is 0.336 e. The van der Waals surface area contributed by atoms with Gasteiger partial charge >= 0.3 is 6.01 Å². The van der Waals surface area contributed by atoms with Crippen LogP contribution in [0.1, 0.15) is 46.0 Å². The predicted octanol–water partition coefficient (Wildman–Crippen LogP) is 4.51. The number of halogens is 1. The standard InChI is InChI=1S/C22H26FN5O2/c1-3-22(2)8-4-5-17(23)20(12-22)30-21-25-13-18(26-27-21)16-7-6-15(11-19(16)29)28-10-9-24-14-28/h6-7,9-11,13-14,17,20,29H,3-5,8,12H2,1-2H3/t17-,20+,22+/m0/s1. The number of rotatable bonds is 5. The molecule has 1 fully saturated rings. The molecule has 0 bridgehead atoms. The molecule has 8 heteroatoms. The van der Waals surface area contributed by atoms with E-state index < -0.39 is 12.3 Å². The fourth-order valence-corrected chi connectivity index (χ4v) is 3.95. The molecule has 0 saturated heterocycles. The quantitative estimate of drug-likeness (QED) is 0.622. The molecule has 158 valence electrons. The summed E-state index contributed by atoms with van der Waals surface area (Å²) in [6.07, 6.45) is 8.92. The zero-order valence-corrected chi connectivity index (χ0v) is 17.2. The van der Waals surface area contributed by atoms with Crippen LogP contribution >= 0.6 is 0 Å². The van der Waals surface area contributed by atoms with Gasteiger partial charge in [-0.25, -0.2) is 14.4 Å². The molecule has 1 aliphatic rings. The number of phenolic OH excluding ortho intramolecular Hbond substituents is 1. The highest BCUT2D eigenvalue weighted by atomic mass is 19.1. The third-order valence-corrected chi connectivity index (χ3v) is 6.07. The highest BCUT2D eigenvalue weighted by molar-refractivity contribution is 5.67. The van der Waals surface area contributed by atoms with Crippen LogP contribution in [-0.2, 0) is 0 Å².